The number of aromatic carboxylic acids is 1. The van der Waals surface area contributed by atoms with Crippen LogP contribution in [0.3, 0.4) is 0 Å². The van der Waals surface area contributed by atoms with Crippen LogP contribution < -0.4 is 4.74 Å². The van der Waals surface area contributed by atoms with Crippen molar-refractivity contribution in [2.45, 2.75) is 31.1 Å². The summed E-state index contributed by atoms with van der Waals surface area (Å²) < 4.78 is 110. The van der Waals surface area contributed by atoms with Crippen LogP contribution in [0.5, 0.6) is 5.75 Å². The van der Waals surface area contributed by atoms with Gasteiger partial charge in [-0.1, -0.05) is 34.1 Å². The van der Waals surface area contributed by atoms with Crippen LogP contribution in [0.15, 0.2) is 46.9 Å². The molecular formula is C21H15BrF8O3. The van der Waals surface area contributed by atoms with Gasteiger partial charge in [0.15, 0.2) is 6.61 Å². The van der Waals surface area contributed by atoms with Gasteiger partial charge in [-0.3, -0.25) is 0 Å². The SMILES string of the molecule is CC(F)(F)C(C=Cc1ccc(C(=O)O)c(C(F)(F)F)c1)c1cc(Br)cc(OCC(F)(F)F)c1. The molecule has 0 radical (unpaired) electrons. The summed E-state index contributed by atoms with van der Waals surface area (Å²) in [6, 6.07) is 5.54. The Balaban J connectivity index is 2.46. The van der Waals surface area contributed by atoms with Gasteiger partial charge in [0.05, 0.1) is 17.0 Å². The van der Waals surface area contributed by atoms with Crippen molar-refractivity contribution in [3.8, 4) is 5.75 Å². The van der Waals surface area contributed by atoms with Crippen molar-refractivity contribution >= 4 is 28.0 Å². The van der Waals surface area contributed by atoms with Crippen molar-refractivity contribution < 1.29 is 49.8 Å². The van der Waals surface area contributed by atoms with Crippen LogP contribution in [0.4, 0.5) is 35.1 Å². The Morgan fingerprint density at radius 3 is 2.21 bits per heavy atom. The van der Waals surface area contributed by atoms with Gasteiger partial charge in [-0.25, -0.2) is 13.6 Å². The number of ether oxygens (including phenoxy) is 1. The lowest BCUT2D eigenvalue weighted by Crippen LogP contribution is -2.21. The summed E-state index contributed by atoms with van der Waals surface area (Å²) in [5, 5.41) is 8.94. The van der Waals surface area contributed by atoms with Crippen molar-refractivity contribution in [1.29, 1.82) is 0 Å². The van der Waals surface area contributed by atoms with Gasteiger partial charge in [0.1, 0.15) is 5.75 Å². The van der Waals surface area contributed by atoms with E-state index in [9.17, 15) is 39.9 Å². The molecule has 0 aliphatic rings. The first-order chi connectivity index (χ1) is 15.0. The zero-order valence-electron chi connectivity index (χ0n) is 16.6. The highest BCUT2D eigenvalue weighted by Crippen LogP contribution is 2.39. The topological polar surface area (TPSA) is 46.5 Å². The molecule has 0 saturated heterocycles. The van der Waals surface area contributed by atoms with E-state index in [0.29, 0.717) is 19.1 Å². The Hall–Kier alpha value is -2.63. The minimum atomic E-state index is -5.00. The van der Waals surface area contributed by atoms with E-state index in [1.165, 1.54) is 6.07 Å². The summed E-state index contributed by atoms with van der Waals surface area (Å²) in [5.74, 6) is -7.37. The smallest absolute Gasteiger partial charge is 0.422 e. The maximum Gasteiger partial charge on any atom is 0.422 e. The molecule has 1 N–H and O–H groups in total. The number of rotatable bonds is 7. The number of alkyl halides is 8. The molecule has 2 aromatic rings. The first kappa shape index (κ1) is 26.6. The third-order valence-corrected chi connectivity index (χ3v) is 4.72. The van der Waals surface area contributed by atoms with Gasteiger partial charge in [0.25, 0.3) is 5.92 Å². The normalized spacial score (nSPS) is 13.9. The Labute approximate surface area is 190 Å². The summed E-state index contributed by atoms with van der Waals surface area (Å²) in [7, 11) is 0. The van der Waals surface area contributed by atoms with Crippen molar-refractivity contribution in [3.05, 3.63) is 69.2 Å². The minimum Gasteiger partial charge on any atom is -0.484 e. The Morgan fingerprint density at radius 2 is 1.70 bits per heavy atom. The van der Waals surface area contributed by atoms with E-state index < -0.39 is 47.9 Å². The lowest BCUT2D eigenvalue weighted by Gasteiger charge is -2.22. The first-order valence-electron chi connectivity index (χ1n) is 8.98. The molecule has 180 valence electrons. The summed E-state index contributed by atoms with van der Waals surface area (Å²) in [4.78, 5) is 11.0. The average molecular weight is 547 g/mol. The molecule has 2 rings (SSSR count). The fourth-order valence-electron chi connectivity index (χ4n) is 2.88. The van der Waals surface area contributed by atoms with Crippen LogP contribution in [0, 0.1) is 0 Å². The number of benzene rings is 2. The molecule has 0 fully saturated rings. The Bertz CT molecular complexity index is 1040. The predicted octanol–water partition coefficient (Wildman–Crippen LogP) is 7.56. The van der Waals surface area contributed by atoms with Crippen LogP contribution in [-0.2, 0) is 6.18 Å². The summed E-state index contributed by atoms with van der Waals surface area (Å²) >= 11 is 3.01. The van der Waals surface area contributed by atoms with E-state index in [1.807, 2.05) is 0 Å². The number of hydrogen-bond acceptors (Lipinski definition) is 2. The van der Waals surface area contributed by atoms with E-state index in [-0.39, 0.29) is 21.3 Å². The molecule has 0 spiro atoms. The molecule has 0 bridgehead atoms. The zero-order chi connectivity index (χ0) is 25.2. The van der Waals surface area contributed by atoms with Gasteiger partial charge >= 0.3 is 18.3 Å². The van der Waals surface area contributed by atoms with Gasteiger partial charge < -0.3 is 9.84 Å². The molecule has 0 amide bonds. The van der Waals surface area contributed by atoms with Crippen molar-refractivity contribution in [3.63, 3.8) is 0 Å². The molecule has 2 aromatic carbocycles. The quantitative estimate of drug-likeness (QED) is 0.364. The number of carboxylic acid groups (broad SMARTS) is 1. The average Bonchev–Trinajstić information content (AvgIpc) is 2.63. The molecule has 33 heavy (non-hydrogen) atoms. The Kier molecular flexibility index (Phi) is 7.82. The fraction of sp³-hybridized carbons (Fsp3) is 0.286. The molecule has 12 heteroatoms. The lowest BCUT2D eigenvalue weighted by molar-refractivity contribution is -0.153. The van der Waals surface area contributed by atoms with Crippen LogP contribution in [0.2, 0.25) is 0 Å². The maximum absolute atomic E-state index is 14.3. The highest BCUT2D eigenvalue weighted by atomic mass is 79.9. The second kappa shape index (κ2) is 9.70. The Morgan fingerprint density at radius 1 is 1.06 bits per heavy atom. The molecule has 0 aliphatic carbocycles. The third-order valence-electron chi connectivity index (χ3n) is 4.26. The van der Waals surface area contributed by atoms with Crippen LogP contribution in [-0.4, -0.2) is 29.8 Å². The molecular weight excluding hydrogens is 532 g/mol. The predicted molar refractivity (Wildman–Crippen MR) is 106 cm³/mol. The summed E-state index contributed by atoms with van der Waals surface area (Å²) in [6.07, 6.45) is -7.83. The van der Waals surface area contributed by atoms with Crippen molar-refractivity contribution in [2.75, 3.05) is 6.61 Å². The molecule has 0 heterocycles. The van der Waals surface area contributed by atoms with E-state index in [4.69, 9.17) is 5.11 Å². The third kappa shape index (κ3) is 7.72. The van der Waals surface area contributed by atoms with Gasteiger partial charge in [-0.15, -0.1) is 0 Å². The van der Waals surface area contributed by atoms with Crippen molar-refractivity contribution in [1.82, 2.24) is 0 Å². The monoisotopic (exact) mass is 546 g/mol. The van der Waals surface area contributed by atoms with E-state index >= 15 is 0 Å². The molecule has 0 saturated carbocycles. The minimum absolute atomic E-state index is 0.144. The molecule has 0 aromatic heterocycles. The maximum atomic E-state index is 14.3. The largest absolute Gasteiger partial charge is 0.484 e. The second-order valence-corrected chi connectivity index (χ2v) is 7.94. The van der Waals surface area contributed by atoms with Gasteiger partial charge in [-0.2, -0.15) is 26.3 Å². The van der Waals surface area contributed by atoms with E-state index in [2.05, 4.69) is 20.7 Å². The molecule has 3 nitrogen and oxygen atoms in total. The zero-order valence-corrected chi connectivity index (χ0v) is 18.2. The van der Waals surface area contributed by atoms with E-state index in [1.54, 1.807) is 0 Å². The second-order valence-electron chi connectivity index (χ2n) is 7.03. The number of allylic oxidation sites excluding steroid dienone is 1. The standard InChI is InChI=1S/C21H15BrF8O3/c1-19(23,24)16(12-7-13(22)9-14(8-12)33-10-20(25,26)27)5-3-11-2-4-15(18(31)32)17(6-11)21(28,29)30/h2-9,16H,10H2,1H3,(H,31,32). The van der Waals surface area contributed by atoms with Gasteiger partial charge in [-0.05, 0) is 41.5 Å². The van der Waals surface area contributed by atoms with Gasteiger partial charge in [0.2, 0.25) is 0 Å². The van der Waals surface area contributed by atoms with E-state index in [0.717, 1.165) is 30.4 Å². The molecule has 1 unspecified atom stereocenters. The number of halogens is 9. The summed E-state index contributed by atoms with van der Waals surface area (Å²) in [5.41, 5.74) is -2.83. The summed E-state index contributed by atoms with van der Waals surface area (Å²) in [6.45, 7) is -1.12. The van der Waals surface area contributed by atoms with Gasteiger partial charge in [0, 0.05) is 11.4 Å². The lowest BCUT2D eigenvalue weighted by atomic mass is 9.91. The fourth-order valence-corrected chi connectivity index (χ4v) is 3.37. The van der Waals surface area contributed by atoms with Crippen LogP contribution in [0.25, 0.3) is 6.08 Å². The van der Waals surface area contributed by atoms with Crippen molar-refractivity contribution in [2.24, 2.45) is 0 Å². The highest BCUT2D eigenvalue weighted by Gasteiger charge is 2.36. The molecule has 0 aliphatic heterocycles. The van der Waals surface area contributed by atoms with Crippen LogP contribution in [0.1, 0.15) is 39.9 Å². The number of hydrogen-bond donors (Lipinski definition) is 1. The highest BCUT2D eigenvalue weighted by molar-refractivity contribution is 9.10. The first-order valence-corrected chi connectivity index (χ1v) is 9.77. The van der Waals surface area contributed by atoms with Crippen LogP contribution >= 0.6 is 15.9 Å². The number of carbonyl (C=O) groups is 1. The number of carboxylic acids is 1. The molecule has 1 atom stereocenters.